The molecule has 0 saturated heterocycles. The topological polar surface area (TPSA) is 87.5 Å². The number of aromatic nitrogens is 3. The molecular formula is C31H37N7O2. The van der Waals surface area contributed by atoms with Gasteiger partial charge in [0.25, 0.3) is 0 Å². The first-order chi connectivity index (χ1) is 19.3. The Hall–Kier alpha value is -4.37. The molecule has 0 unspecified atom stereocenters. The number of carbonyl (C=O) groups is 1. The zero-order valence-corrected chi connectivity index (χ0v) is 23.6. The van der Waals surface area contributed by atoms with Crippen molar-refractivity contribution in [3.63, 3.8) is 0 Å². The van der Waals surface area contributed by atoms with Crippen molar-refractivity contribution >= 4 is 39.8 Å². The Kier molecular flexibility index (Phi) is 8.02. The van der Waals surface area contributed by atoms with E-state index in [1.807, 2.05) is 58.5 Å². The predicted molar refractivity (Wildman–Crippen MR) is 163 cm³/mol. The van der Waals surface area contributed by atoms with Gasteiger partial charge in [-0.15, -0.1) is 0 Å². The van der Waals surface area contributed by atoms with Crippen molar-refractivity contribution in [1.82, 2.24) is 19.4 Å². The van der Waals surface area contributed by atoms with E-state index in [1.54, 1.807) is 6.20 Å². The fourth-order valence-electron chi connectivity index (χ4n) is 4.74. The number of nitrogens with zero attached hydrogens (tertiary/aromatic N) is 5. The Bertz CT molecular complexity index is 1520. The van der Waals surface area contributed by atoms with Crippen LogP contribution < -0.4 is 20.3 Å². The second-order valence-electron chi connectivity index (χ2n) is 10.5. The summed E-state index contributed by atoms with van der Waals surface area (Å²) in [5, 5.41) is 7.48. The molecule has 1 aliphatic carbocycles. The number of para-hydroxylation sites is 1. The summed E-state index contributed by atoms with van der Waals surface area (Å²) in [5.41, 5.74) is 5.19. The van der Waals surface area contributed by atoms with E-state index >= 15 is 0 Å². The molecule has 2 aromatic heterocycles. The number of benzene rings is 2. The molecule has 208 valence electrons. The number of carbonyl (C=O) groups excluding carboxylic acids is 1. The second-order valence-corrected chi connectivity index (χ2v) is 10.5. The van der Waals surface area contributed by atoms with Gasteiger partial charge in [-0.25, -0.2) is 9.97 Å². The van der Waals surface area contributed by atoms with Gasteiger partial charge in [-0.2, -0.15) is 0 Å². The summed E-state index contributed by atoms with van der Waals surface area (Å²) in [6.07, 6.45) is 8.47. The largest absolute Gasteiger partial charge is 0.488 e. The monoisotopic (exact) mass is 539 g/mol. The van der Waals surface area contributed by atoms with E-state index < -0.39 is 0 Å². The number of hydrogen-bond donors (Lipinski definition) is 2. The fraction of sp³-hybridized carbons (Fsp3) is 0.323. The highest BCUT2D eigenvalue weighted by Crippen LogP contribution is 2.40. The summed E-state index contributed by atoms with van der Waals surface area (Å²) < 4.78 is 8.54. The van der Waals surface area contributed by atoms with Crippen molar-refractivity contribution in [3.8, 4) is 17.0 Å². The zero-order valence-electron chi connectivity index (χ0n) is 23.6. The molecule has 9 nitrogen and oxygen atoms in total. The number of ether oxygens (including phenoxy) is 1. The van der Waals surface area contributed by atoms with Crippen LogP contribution in [0.15, 0.2) is 67.5 Å². The first-order valence-corrected chi connectivity index (χ1v) is 13.6. The van der Waals surface area contributed by atoms with E-state index in [2.05, 4.69) is 54.9 Å². The smallest absolute Gasteiger partial charge is 0.247 e. The van der Waals surface area contributed by atoms with Gasteiger partial charge in [0.2, 0.25) is 11.9 Å². The first-order valence-electron chi connectivity index (χ1n) is 13.6. The number of anilines is 4. The lowest BCUT2D eigenvalue weighted by molar-refractivity contribution is -0.111. The number of nitrogens with one attached hydrogen (secondary N) is 2. The SMILES string of the molecule is C=CC(=O)Nc1cc(Nc2nccc(-c3cn(C)c4ccccc34)n2)c(OC2CCC2)cc1N(C)CCN(C)C. The Morgan fingerprint density at radius 3 is 2.67 bits per heavy atom. The van der Waals surface area contributed by atoms with Crippen molar-refractivity contribution in [2.75, 3.05) is 49.8 Å². The Morgan fingerprint density at radius 2 is 1.95 bits per heavy atom. The van der Waals surface area contributed by atoms with Crippen LogP contribution in [0.1, 0.15) is 19.3 Å². The maximum absolute atomic E-state index is 12.4. The van der Waals surface area contributed by atoms with Crippen LogP contribution in [0.3, 0.4) is 0 Å². The molecule has 0 radical (unpaired) electrons. The molecule has 40 heavy (non-hydrogen) atoms. The van der Waals surface area contributed by atoms with Crippen LogP contribution in [-0.4, -0.2) is 65.7 Å². The lowest BCUT2D eigenvalue weighted by Crippen LogP contribution is -2.29. The maximum Gasteiger partial charge on any atom is 0.247 e. The quantitative estimate of drug-likeness (QED) is 0.246. The highest BCUT2D eigenvalue weighted by atomic mass is 16.5. The van der Waals surface area contributed by atoms with Crippen molar-refractivity contribution in [1.29, 1.82) is 0 Å². The summed E-state index contributed by atoms with van der Waals surface area (Å²) in [6.45, 7) is 5.26. The summed E-state index contributed by atoms with van der Waals surface area (Å²) in [7, 11) is 8.13. The van der Waals surface area contributed by atoms with Gasteiger partial charge in [-0.1, -0.05) is 24.8 Å². The molecule has 0 aliphatic heterocycles. The number of rotatable bonds is 11. The van der Waals surface area contributed by atoms with Gasteiger partial charge in [-0.3, -0.25) is 4.79 Å². The molecule has 0 spiro atoms. The average Bonchev–Trinajstić information content (AvgIpc) is 3.26. The molecule has 2 heterocycles. The molecule has 0 atom stereocenters. The average molecular weight is 540 g/mol. The Morgan fingerprint density at radius 1 is 1.15 bits per heavy atom. The zero-order chi connectivity index (χ0) is 28.2. The third-order valence-corrected chi connectivity index (χ3v) is 7.26. The van der Waals surface area contributed by atoms with Crippen molar-refractivity contribution in [2.45, 2.75) is 25.4 Å². The van der Waals surface area contributed by atoms with Crippen LogP contribution >= 0.6 is 0 Å². The number of hydrogen-bond acceptors (Lipinski definition) is 7. The number of amides is 1. The van der Waals surface area contributed by atoms with Crippen LogP contribution in [0.25, 0.3) is 22.2 Å². The van der Waals surface area contributed by atoms with Crippen LogP contribution in [-0.2, 0) is 11.8 Å². The molecule has 5 rings (SSSR count). The highest BCUT2D eigenvalue weighted by molar-refractivity contribution is 6.02. The van der Waals surface area contributed by atoms with Crippen molar-refractivity contribution < 1.29 is 9.53 Å². The van der Waals surface area contributed by atoms with Gasteiger partial charge in [-0.05, 0) is 57.6 Å². The minimum absolute atomic E-state index is 0.164. The molecule has 1 aliphatic rings. The summed E-state index contributed by atoms with van der Waals surface area (Å²) in [6, 6.07) is 14.1. The third-order valence-electron chi connectivity index (χ3n) is 7.26. The molecule has 1 saturated carbocycles. The molecule has 0 bridgehead atoms. The van der Waals surface area contributed by atoms with Crippen LogP contribution in [0, 0.1) is 0 Å². The predicted octanol–water partition coefficient (Wildman–Crippen LogP) is 5.43. The van der Waals surface area contributed by atoms with E-state index in [0.717, 1.165) is 60.2 Å². The minimum atomic E-state index is -0.282. The lowest BCUT2D eigenvalue weighted by Gasteiger charge is -2.30. The standard InChI is InChI=1S/C31H37N7O2/c1-6-30(39)33-25-18-26(29(40-21-10-9-11-21)19-28(25)37(4)17-16-36(2)3)35-31-32-15-14-24(34-31)23-20-38(5)27-13-8-7-12-22(23)27/h6-8,12-15,18-21H,1,9-11,16-17H2,2-5H3,(H,33,39)(H,32,34,35). The van der Waals surface area contributed by atoms with Gasteiger partial charge in [0.15, 0.2) is 0 Å². The van der Waals surface area contributed by atoms with Crippen LogP contribution in [0.2, 0.25) is 0 Å². The molecule has 2 N–H and O–H groups in total. The van der Waals surface area contributed by atoms with E-state index in [1.165, 1.54) is 6.08 Å². The summed E-state index contributed by atoms with van der Waals surface area (Å²) >= 11 is 0. The second kappa shape index (κ2) is 11.8. The van der Waals surface area contributed by atoms with E-state index in [9.17, 15) is 4.79 Å². The van der Waals surface area contributed by atoms with Crippen LogP contribution in [0.5, 0.6) is 5.75 Å². The molecule has 2 aromatic carbocycles. The molecule has 1 fully saturated rings. The van der Waals surface area contributed by atoms with Gasteiger partial charge >= 0.3 is 0 Å². The number of aryl methyl sites for hydroxylation is 1. The third kappa shape index (κ3) is 5.94. The molecule has 1 amide bonds. The van der Waals surface area contributed by atoms with Gasteiger partial charge in [0, 0.05) is 62.1 Å². The lowest BCUT2D eigenvalue weighted by atomic mass is 9.96. The van der Waals surface area contributed by atoms with Gasteiger partial charge < -0.3 is 29.7 Å². The Labute approximate surface area is 235 Å². The van der Waals surface area contributed by atoms with E-state index in [0.29, 0.717) is 23.1 Å². The number of likely N-dealkylation sites (N-methyl/N-ethyl adjacent to an activating group) is 2. The first kappa shape index (κ1) is 27.2. The van der Waals surface area contributed by atoms with E-state index in [-0.39, 0.29) is 12.0 Å². The molecule has 9 heteroatoms. The highest BCUT2D eigenvalue weighted by Gasteiger charge is 2.23. The van der Waals surface area contributed by atoms with Crippen molar-refractivity contribution in [2.24, 2.45) is 7.05 Å². The van der Waals surface area contributed by atoms with Gasteiger partial charge in [0.05, 0.1) is 28.9 Å². The van der Waals surface area contributed by atoms with Crippen LogP contribution in [0.4, 0.5) is 23.0 Å². The maximum atomic E-state index is 12.4. The summed E-state index contributed by atoms with van der Waals surface area (Å²) in [5.74, 6) is 0.862. The molecular weight excluding hydrogens is 502 g/mol. The fourth-order valence-corrected chi connectivity index (χ4v) is 4.74. The Balaban J connectivity index is 1.53. The minimum Gasteiger partial charge on any atom is -0.488 e. The number of fused-ring (bicyclic) bond motifs is 1. The van der Waals surface area contributed by atoms with E-state index in [4.69, 9.17) is 9.72 Å². The summed E-state index contributed by atoms with van der Waals surface area (Å²) in [4.78, 5) is 26.0. The normalized spacial score (nSPS) is 13.2. The van der Waals surface area contributed by atoms with Gasteiger partial charge in [0.1, 0.15) is 5.75 Å². The van der Waals surface area contributed by atoms with Crippen molar-refractivity contribution in [3.05, 3.63) is 67.5 Å². The molecule has 4 aromatic rings.